The molecule has 2 atom stereocenters. The fraction of sp³-hybridized carbons (Fsp3) is 0.462. The molecule has 1 heterocycles. The van der Waals surface area contributed by atoms with Gasteiger partial charge in [-0.15, -0.1) is 11.8 Å². The van der Waals surface area contributed by atoms with Gasteiger partial charge < -0.3 is 15.1 Å². The van der Waals surface area contributed by atoms with Gasteiger partial charge in [0.25, 0.3) is 5.91 Å². The Kier molecular flexibility index (Phi) is 11.6. The number of carbonyl (C=O) groups excluding carboxylic acids is 4. The maximum atomic E-state index is 13.1. The van der Waals surface area contributed by atoms with Crippen LogP contribution in [0.5, 0.6) is 0 Å². The first-order chi connectivity index (χ1) is 16.3. The molecule has 2 amide bonds. The summed E-state index contributed by atoms with van der Waals surface area (Å²) < 4.78 is 5.30. The fourth-order valence-electron chi connectivity index (χ4n) is 3.40. The lowest BCUT2D eigenvalue weighted by atomic mass is 10.0. The third kappa shape index (κ3) is 9.17. The molecule has 0 unspecified atom stereocenters. The molecular weight excluding hydrogens is 452 g/mol. The molecule has 8 heteroatoms. The molecule has 0 saturated carbocycles. The highest BCUT2D eigenvalue weighted by molar-refractivity contribution is 7.99. The molecule has 0 fully saturated rings. The summed E-state index contributed by atoms with van der Waals surface area (Å²) in [6.07, 6.45) is 5.01. The van der Waals surface area contributed by atoms with Gasteiger partial charge in [-0.3, -0.25) is 19.2 Å². The van der Waals surface area contributed by atoms with Crippen molar-refractivity contribution in [1.29, 1.82) is 0 Å². The van der Waals surface area contributed by atoms with E-state index < -0.39 is 18.0 Å². The van der Waals surface area contributed by atoms with E-state index in [1.165, 1.54) is 11.8 Å². The lowest BCUT2D eigenvalue weighted by Gasteiger charge is -2.24. The van der Waals surface area contributed by atoms with Gasteiger partial charge in [0.1, 0.15) is 18.1 Å². The van der Waals surface area contributed by atoms with Crippen molar-refractivity contribution in [2.45, 2.75) is 64.3 Å². The van der Waals surface area contributed by atoms with E-state index in [0.717, 1.165) is 18.6 Å². The standard InChI is InChI=1S/C26H34N2O5S/c1-4-5-8-22(24(30)17-34-16-21-7-6-13-33-21)27-26(32)23(14-18(2)3)28-25(31)20-11-9-19(15-29)10-12-20/h6-7,9-13,15,18,22-23H,4-5,8,14,16-17H2,1-3H3,(H,27,32)(H,28,31)/t22-,23-/m0/s1. The molecule has 0 spiro atoms. The lowest BCUT2D eigenvalue weighted by molar-refractivity contribution is -0.128. The minimum Gasteiger partial charge on any atom is -0.468 e. The first-order valence-electron chi connectivity index (χ1n) is 11.6. The van der Waals surface area contributed by atoms with Gasteiger partial charge in [-0.05, 0) is 43.0 Å². The molecule has 7 nitrogen and oxygen atoms in total. The molecule has 0 radical (unpaired) electrons. The molecule has 184 valence electrons. The number of rotatable bonds is 15. The second-order valence-corrected chi connectivity index (χ2v) is 9.62. The Morgan fingerprint density at radius 1 is 1.06 bits per heavy atom. The van der Waals surface area contributed by atoms with Gasteiger partial charge in [-0.1, -0.05) is 45.7 Å². The van der Waals surface area contributed by atoms with Crippen molar-refractivity contribution < 1.29 is 23.6 Å². The number of furan rings is 1. The Morgan fingerprint density at radius 2 is 1.79 bits per heavy atom. The number of aldehydes is 1. The average molecular weight is 487 g/mol. The van der Waals surface area contributed by atoms with Crippen LogP contribution in [-0.2, 0) is 15.3 Å². The van der Waals surface area contributed by atoms with E-state index in [0.29, 0.717) is 36.0 Å². The summed E-state index contributed by atoms with van der Waals surface area (Å²) in [5.74, 6) is 0.995. The molecule has 2 aromatic rings. The van der Waals surface area contributed by atoms with Gasteiger partial charge in [0.2, 0.25) is 5.91 Å². The molecule has 0 bridgehead atoms. The number of benzene rings is 1. The Hall–Kier alpha value is -2.87. The molecule has 1 aromatic carbocycles. The molecular formula is C26H34N2O5S. The van der Waals surface area contributed by atoms with E-state index in [2.05, 4.69) is 10.6 Å². The monoisotopic (exact) mass is 486 g/mol. The number of hydrogen-bond acceptors (Lipinski definition) is 6. The van der Waals surface area contributed by atoms with Crippen molar-refractivity contribution in [3.63, 3.8) is 0 Å². The maximum Gasteiger partial charge on any atom is 0.251 e. The SMILES string of the molecule is CCCC[C@H](NC(=O)[C@H](CC(C)C)NC(=O)c1ccc(C=O)cc1)C(=O)CSCc1ccco1. The number of hydrogen-bond donors (Lipinski definition) is 2. The Balaban J connectivity index is 2.03. The second kappa shape index (κ2) is 14.4. The number of unbranched alkanes of at least 4 members (excludes halogenated alkanes) is 1. The largest absolute Gasteiger partial charge is 0.468 e. The van der Waals surface area contributed by atoms with E-state index in [1.54, 1.807) is 30.5 Å². The van der Waals surface area contributed by atoms with E-state index >= 15 is 0 Å². The molecule has 0 aliphatic carbocycles. The summed E-state index contributed by atoms with van der Waals surface area (Å²) in [6.45, 7) is 5.97. The van der Waals surface area contributed by atoms with E-state index in [4.69, 9.17) is 4.42 Å². The Labute approximate surface area is 205 Å². The highest BCUT2D eigenvalue weighted by Gasteiger charge is 2.27. The first kappa shape index (κ1) is 27.4. The Morgan fingerprint density at radius 3 is 2.38 bits per heavy atom. The lowest BCUT2D eigenvalue weighted by Crippen LogP contribution is -2.52. The Bertz CT molecular complexity index is 925. The van der Waals surface area contributed by atoms with Gasteiger partial charge in [0.05, 0.1) is 23.8 Å². The van der Waals surface area contributed by atoms with Gasteiger partial charge in [0.15, 0.2) is 5.78 Å². The molecule has 0 aliphatic heterocycles. The van der Waals surface area contributed by atoms with Crippen LogP contribution >= 0.6 is 11.8 Å². The molecule has 0 saturated heterocycles. The average Bonchev–Trinajstić information content (AvgIpc) is 3.34. The number of ketones is 1. The highest BCUT2D eigenvalue weighted by Crippen LogP contribution is 2.15. The summed E-state index contributed by atoms with van der Waals surface area (Å²) >= 11 is 1.45. The number of thioether (sulfide) groups is 1. The van der Waals surface area contributed by atoms with Crippen LogP contribution in [-0.4, -0.2) is 41.7 Å². The maximum absolute atomic E-state index is 13.1. The van der Waals surface area contributed by atoms with E-state index in [9.17, 15) is 19.2 Å². The van der Waals surface area contributed by atoms with Crippen LogP contribution in [0.2, 0.25) is 0 Å². The number of carbonyl (C=O) groups is 4. The van der Waals surface area contributed by atoms with Gasteiger partial charge in [0, 0.05) is 11.1 Å². The van der Waals surface area contributed by atoms with Crippen molar-refractivity contribution in [1.82, 2.24) is 10.6 Å². The molecule has 0 aliphatic rings. The van der Waals surface area contributed by atoms with Crippen molar-refractivity contribution in [2.24, 2.45) is 5.92 Å². The van der Waals surface area contributed by atoms with Crippen molar-refractivity contribution in [3.8, 4) is 0 Å². The smallest absolute Gasteiger partial charge is 0.251 e. The van der Waals surface area contributed by atoms with Gasteiger partial charge >= 0.3 is 0 Å². The van der Waals surface area contributed by atoms with Crippen LogP contribution in [0, 0.1) is 5.92 Å². The minimum atomic E-state index is -0.772. The summed E-state index contributed by atoms with van der Waals surface area (Å²) in [5.41, 5.74) is 0.829. The number of Topliss-reactive ketones (excluding diaryl/α,β-unsaturated/α-hetero) is 1. The zero-order valence-electron chi connectivity index (χ0n) is 20.0. The van der Waals surface area contributed by atoms with E-state index in [1.807, 2.05) is 32.9 Å². The van der Waals surface area contributed by atoms with Crippen LogP contribution in [0.1, 0.15) is 72.9 Å². The van der Waals surface area contributed by atoms with Crippen LogP contribution < -0.4 is 10.6 Å². The van der Waals surface area contributed by atoms with Crippen molar-refractivity contribution >= 4 is 35.6 Å². The first-order valence-corrected chi connectivity index (χ1v) is 12.8. The fourth-order valence-corrected chi connectivity index (χ4v) is 4.27. The summed E-state index contributed by atoms with van der Waals surface area (Å²) in [7, 11) is 0. The van der Waals surface area contributed by atoms with Gasteiger partial charge in [-0.25, -0.2) is 0 Å². The highest BCUT2D eigenvalue weighted by atomic mass is 32.2. The minimum absolute atomic E-state index is 0.0440. The zero-order chi connectivity index (χ0) is 24.9. The summed E-state index contributed by atoms with van der Waals surface area (Å²) in [4.78, 5) is 49.6. The third-order valence-electron chi connectivity index (χ3n) is 5.26. The van der Waals surface area contributed by atoms with Crippen molar-refractivity contribution in [3.05, 3.63) is 59.5 Å². The normalized spacial score (nSPS) is 12.7. The van der Waals surface area contributed by atoms with Crippen molar-refractivity contribution in [2.75, 3.05) is 5.75 Å². The quantitative estimate of drug-likeness (QED) is 0.361. The van der Waals surface area contributed by atoms with Crippen LogP contribution in [0.4, 0.5) is 0 Å². The van der Waals surface area contributed by atoms with Gasteiger partial charge in [-0.2, -0.15) is 0 Å². The predicted octanol–water partition coefficient (Wildman–Crippen LogP) is 4.41. The molecule has 2 N–H and O–H groups in total. The predicted molar refractivity (Wildman–Crippen MR) is 134 cm³/mol. The molecule has 2 rings (SSSR count). The number of amides is 2. The summed E-state index contributed by atoms with van der Waals surface area (Å²) in [5, 5.41) is 5.69. The zero-order valence-corrected chi connectivity index (χ0v) is 20.9. The second-order valence-electron chi connectivity index (χ2n) is 8.64. The third-order valence-corrected chi connectivity index (χ3v) is 6.24. The molecule has 34 heavy (non-hydrogen) atoms. The van der Waals surface area contributed by atoms with Crippen LogP contribution in [0.15, 0.2) is 47.1 Å². The van der Waals surface area contributed by atoms with E-state index in [-0.39, 0.29) is 23.4 Å². The number of nitrogens with one attached hydrogen (secondary N) is 2. The topological polar surface area (TPSA) is 105 Å². The van der Waals surface area contributed by atoms with Crippen LogP contribution in [0.3, 0.4) is 0 Å². The summed E-state index contributed by atoms with van der Waals surface area (Å²) in [6, 6.07) is 8.50. The molecule has 1 aromatic heterocycles. The van der Waals surface area contributed by atoms with Crippen LogP contribution in [0.25, 0.3) is 0 Å².